The van der Waals surface area contributed by atoms with Gasteiger partial charge in [-0.05, 0) is 6.42 Å². The molecule has 0 saturated carbocycles. The molecule has 6 heteroatoms. The van der Waals surface area contributed by atoms with Crippen LogP contribution in [0.3, 0.4) is 0 Å². The summed E-state index contributed by atoms with van der Waals surface area (Å²) < 4.78 is 5.81. The molecule has 0 rings (SSSR count). The van der Waals surface area contributed by atoms with Gasteiger partial charge in [0.15, 0.2) is 0 Å². The number of carbonyl (C=O) groups excluding carboxylic acids is 1. The minimum absolute atomic E-state index is 0.0306. The van der Waals surface area contributed by atoms with Gasteiger partial charge in [0.25, 0.3) is 0 Å². The maximum absolute atomic E-state index is 11.8. The van der Waals surface area contributed by atoms with Crippen LogP contribution in [0.15, 0.2) is 0 Å². The Morgan fingerprint density at radius 2 is 1.50 bits per heavy atom. The van der Waals surface area contributed by atoms with Gasteiger partial charge in [-0.2, -0.15) is 0 Å². The Balaban J connectivity index is 3.89. The normalized spacial score (nSPS) is 11.7. The predicted molar refractivity (Wildman–Crippen MR) is 98.2 cm³/mol. The first-order valence-electron chi connectivity index (χ1n) is 9.42. The van der Waals surface area contributed by atoms with Gasteiger partial charge >= 0.3 is 5.97 Å². The van der Waals surface area contributed by atoms with Crippen LogP contribution >= 0.6 is 11.6 Å². The quantitative estimate of drug-likeness (QED) is 0.180. The Labute approximate surface area is 152 Å². The molecule has 0 saturated heterocycles. The van der Waals surface area contributed by atoms with Crippen LogP contribution in [0.1, 0.15) is 58.3 Å². The molecule has 0 aromatic rings. The van der Waals surface area contributed by atoms with E-state index in [1.54, 1.807) is 0 Å². The predicted octanol–water partition coefficient (Wildman–Crippen LogP) is 2.71. The topological polar surface area (TPSA) is 66.8 Å². The van der Waals surface area contributed by atoms with Gasteiger partial charge in [-0.1, -0.05) is 45.4 Å². The van der Waals surface area contributed by atoms with Crippen LogP contribution in [0, 0.1) is 0 Å². The van der Waals surface area contributed by atoms with Crippen LogP contribution < -0.4 is 0 Å². The third-order valence-electron chi connectivity index (χ3n) is 4.52. The fourth-order valence-corrected chi connectivity index (χ4v) is 3.28. The molecule has 0 atom stereocenters. The smallest absolute Gasteiger partial charge is 0.305 e. The molecule has 0 aliphatic rings. The number of carbonyl (C=O) groups is 1. The summed E-state index contributed by atoms with van der Waals surface area (Å²) in [5.41, 5.74) is 0. The van der Waals surface area contributed by atoms with E-state index in [2.05, 4.69) is 6.92 Å². The van der Waals surface area contributed by atoms with Gasteiger partial charge in [0.05, 0.1) is 25.6 Å². The number of aliphatic hydroxyl groups excluding tert-OH is 2. The monoisotopic (exact) mass is 366 g/mol. The highest BCUT2D eigenvalue weighted by molar-refractivity contribution is 6.17. The van der Waals surface area contributed by atoms with Crippen molar-refractivity contribution in [1.29, 1.82) is 0 Å². The summed E-state index contributed by atoms with van der Waals surface area (Å²) in [7, 11) is 0. The number of halogens is 1. The van der Waals surface area contributed by atoms with Gasteiger partial charge in [0, 0.05) is 6.42 Å². The highest BCUT2D eigenvalue weighted by atomic mass is 35.5. The minimum atomic E-state index is -0.152. The number of aliphatic hydroxyl groups is 2. The maximum Gasteiger partial charge on any atom is 0.305 e. The largest absolute Gasteiger partial charge is 0.460 e. The number of alkyl halides is 1. The summed E-state index contributed by atoms with van der Waals surface area (Å²) in [6.45, 7) is 4.84. The van der Waals surface area contributed by atoms with E-state index in [0.29, 0.717) is 49.6 Å². The molecule has 0 bridgehead atoms. The zero-order valence-corrected chi connectivity index (χ0v) is 16.1. The maximum atomic E-state index is 11.8. The van der Waals surface area contributed by atoms with E-state index in [9.17, 15) is 15.0 Å². The van der Waals surface area contributed by atoms with Crippen molar-refractivity contribution in [3.63, 3.8) is 0 Å². The summed E-state index contributed by atoms with van der Waals surface area (Å²) >= 11 is 5.84. The van der Waals surface area contributed by atoms with Gasteiger partial charge in [-0.25, -0.2) is 0 Å². The van der Waals surface area contributed by atoms with Gasteiger partial charge < -0.3 is 19.4 Å². The van der Waals surface area contributed by atoms with Crippen LogP contribution in [0.25, 0.3) is 0 Å². The summed E-state index contributed by atoms with van der Waals surface area (Å²) in [5.74, 6) is 0.298. The molecular weight excluding hydrogens is 330 g/mol. The Morgan fingerprint density at radius 1 is 0.917 bits per heavy atom. The molecule has 0 aromatic heterocycles. The highest BCUT2D eigenvalue weighted by Crippen LogP contribution is 2.10. The van der Waals surface area contributed by atoms with Crippen molar-refractivity contribution in [2.45, 2.75) is 58.3 Å². The molecule has 24 heavy (non-hydrogen) atoms. The number of rotatable bonds is 17. The first-order valence-corrected chi connectivity index (χ1v) is 9.96. The fraction of sp³-hybridized carbons (Fsp3) is 0.944. The number of esters is 1. The van der Waals surface area contributed by atoms with E-state index in [1.807, 2.05) is 0 Å². The van der Waals surface area contributed by atoms with E-state index in [1.165, 1.54) is 32.1 Å². The lowest BCUT2D eigenvalue weighted by Gasteiger charge is -2.37. The molecule has 144 valence electrons. The Bertz CT molecular complexity index is 286. The van der Waals surface area contributed by atoms with Crippen molar-refractivity contribution >= 4 is 17.6 Å². The third-order valence-corrected chi connectivity index (χ3v) is 4.69. The average Bonchev–Trinajstić information content (AvgIpc) is 2.55. The van der Waals surface area contributed by atoms with Crippen molar-refractivity contribution in [3.8, 4) is 0 Å². The van der Waals surface area contributed by atoms with Gasteiger partial charge in [-0.15, -0.1) is 11.6 Å². The number of hydrogen-bond acceptors (Lipinski definition) is 4. The van der Waals surface area contributed by atoms with E-state index in [4.69, 9.17) is 16.3 Å². The highest BCUT2D eigenvalue weighted by Gasteiger charge is 2.26. The van der Waals surface area contributed by atoms with Gasteiger partial charge in [0.1, 0.15) is 26.2 Å². The van der Waals surface area contributed by atoms with Crippen LogP contribution in [0.5, 0.6) is 0 Å². The fourth-order valence-electron chi connectivity index (χ4n) is 2.93. The number of ether oxygens (including phenoxy) is 1. The van der Waals surface area contributed by atoms with E-state index in [-0.39, 0.29) is 19.2 Å². The summed E-state index contributed by atoms with van der Waals surface area (Å²) in [6, 6.07) is 0. The van der Waals surface area contributed by atoms with Crippen molar-refractivity contribution < 1.29 is 24.2 Å². The second-order valence-corrected chi connectivity index (χ2v) is 6.84. The first kappa shape index (κ1) is 23.6. The zero-order valence-electron chi connectivity index (χ0n) is 15.3. The number of nitrogens with zero attached hydrogens (tertiary/aromatic N) is 1. The van der Waals surface area contributed by atoms with E-state index >= 15 is 0 Å². The molecule has 0 unspecified atom stereocenters. The number of unbranched alkanes of at least 4 members (excludes halogenated alkanes) is 6. The summed E-state index contributed by atoms with van der Waals surface area (Å²) in [4.78, 5) is 11.8. The van der Waals surface area contributed by atoms with Crippen LogP contribution in [-0.4, -0.2) is 72.5 Å². The third kappa shape index (κ3) is 12.1. The van der Waals surface area contributed by atoms with Crippen molar-refractivity contribution in [3.05, 3.63) is 0 Å². The molecule has 0 aliphatic heterocycles. The summed E-state index contributed by atoms with van der Waals surface area (Å²) in [6.07, 6.45) is 8.73. The van der Waals surface area contributed by atoms with Crippen molar-refractivity contribution in [2.75, 3.05) is 51.9 Å². The molecule has 5 nitrogen and oxygen atoms in total. The molecule has 2 N–H and O–H groups in total. The zero-order chi connectivity index (χ0) is 18.1. The molecule has 0 spiro atoms. The van der Waals surface area contributed by atoms with Crippen LogP contribution in [-0.2, 0) is 9.53 Å². The lowest BCUT2D eigenvalue weighted by molar-refractivity contribution is -0.926. The van der Waals surface area contributed by atoms with Crippen LogP contribution in [0.2, 0.25) is 0 Å². The molecule has 0 aromatic carbocycles. The average molecular weight is 367 g/mol. The Morgan fingerprint density at radius 3 is 2.04 bits per heavy atom. The Hall–Kier alpha value is -0.360. The van der Waals surface area contributed by atoms with Gasteiger partial charge in [-0.3, -0.25) is 4.79 Å². The SMILES string of the molecule is CCCCCCCCCC(=O)OCC[N+](CCO)(CCO)CCCl. The molecular formula is C18H37ClNO4+. The minimum Gasteiger partial charge on any atom is -0.460 e. The molecule has 0 heterocycles. The summed E-state index contributed by atoms with van der Waals surface area (Å²) in [5, 5.41) is 18.5. The molecule has 0 fully saturated rings. The van der Waals surface area contributed by atoms with E-state index < -0.39 is 0 Å². The van der Waals surface area contributed by atoms with Crippen molar-refractivity contribution in [2.24, 2.45) is 0 Å². The number of quaternary nitrogens is 1. The Kier molecular flexibility index (Phi) is 15.9. The lowest BCUT2D eigenvalue weighted by Crippen LogP contribution is -2.54. The van der Waals surface area contributed by atoms with E-state index in [0.717, 1.165) is 12.8 Å². The number of hydrogen-bond donors (Lipinski definition) is 2. The van der Waals surface area contributed by atoms with Gasteiger partial charge in [0.2, 0.25) is 0 Å². The standard InChI is InChI=1S/C18H37ClNO4/c1-2-3-4-5-6-7-8-9-18(23)24-17-14-20(11-10-19,12-15-21)13-16-22/h21-22H,2-17H2,1H3/q+1. The second kappa shape index (κ2) is 16.1. The molecule has 0 aliphatic carbocycles. The lowest BCUT2D eigenvalue weighted by atomic mass is 10.1. The first-order chi connectivity index (χ1) is 11.6. The van der Waals surface area contributed by atoms with Crippen LogP contribution in [0.4, 0.5) is 0 Å². The molecule has 0 radical (unpaired) electrons. The molecule has 0 amide bonds. The van der Waals surface area contributed by atoms with Crippen molar-refractivity contribution in [1.82, 2.24) is 0 Å². The second-order valence-electron chi connectivity index (χ2n) is 6.46.